The van der Waals surface area contributed by atoms with Crippen molar-refractivity contribution in [2.75, 3.05) is 13.7 Å². The Kier molecular flexibility index (Phi) is 4.51. The van der Waals surface area contributed by atoms with Crippen LogP contribution in [-0.2, 0) is 6.42 Å². The number of hydrogen-bond donors (Lipinski definition) is 1. The fourth-order valence-corrected chi connectivity index (χ4v) is 3.18. The normalized spacial score (nSPS) is 17.3. The summed E-state index contributed by atoms with van der Waals surface area (Å²) in [5.41, 5.74) is 1.57. The summed E-state index contributed by atoms with van der Waals surface area (Å²) in [7, 11) is 1.53. The van der Waals surface area contributed by atoms with Crippen LogP contribution in [0, 0.1) is 0 Å². The first-order valence-corrected chi connectivity index (χ1v) is 7.91. The Morgan fingerprint density at radius 2 is 2.04 bits per heavy atom. The maximum atomic E-state index is 12.8. The molecule has 2 aromatic rings. The van der Waals surface area contributed by atoms with E-state index >= 15 is 0 Å². The number of ether oxygens (including phenoxy) is 1. The maximum absolute atomic E-state index is 12.8. The van der Waals surface area contributed by atoms with Gasteiger partial charge in [-0.25, -0.2) is 0 Å². The third kappa shape index (κ3) is 3.31. The summed E-state index contributed by atoms with van der Waals surface area (Å²) in [6.07, 6.45) is 2.85. The molecule has 1 fully saturated rings. The Hall–Kier alpha value is -2.49. The molecule has 0 spiro atoms. The van der Waals surface area contributed by atoms with Crippen LogP contribution in [0.2, 0.25) is 0 Å². The summed E-state index contributed by atoms with van der Waals surface area (Å²) in [4.78, 5) is 14.7. The Morgan fingerprint density at radius 3 is 2.74 bits per heavy atom. The number of phenolic OH excluding ortho intramolecular Hbond substituents is 1. The van der Waals surface area contributed by atoms with E-state index in [0.717, 1.165) is 25.8 Å². The average Bonchev–Trinajstić information content (AvgIpc) is 3.03. The molecule has 0 bridgehead atoms. The molecule has 0 saturated carbocycles. The number of benzene rings is 2. The van der Waals surface area contributed by atoms with E-state index in [2.05, 4.69) is 12.1 Å². The van der Waals surface area contributed by atoms with Gasteiger partial charge in [0, 0.05) is 18.7 Å². The van der Waals surface area contributed by atoms with Crippen molar-refractivity contribution in [2.45, 2.75) is 25.3 Å². The van der Waals surface area contributed by atoms with Crippen LogP contribution in [0.1, 0.15) is 28.8 Å². The standard InChI is InChI=1S/C19H21NO3/c1-23-16-9-10-17(18(21)13-16)19(22)20-11-5-8-15(20)12-14-6-3-2-4-7-14/h2-4,6-7,9-10,13,15,21H,5,8,11-12H2,1H3. The molecule has 4 heteroatoms. The van der Waals surface area contributed by atoms with Crippen LogP contribution in [0.3, 0.4) is 0 Å². The molecule has 3 rings (SSSR count). The molecule has 0 radical (unpaired) electrons. The molecular formula is C19H21NO3. The molecule has 1 N–H and O–H groups in total. The van der Waals surface area contributed by atoms with Gasteiger partial charge in [0.1, 0.15) is 11.5 Å². The number of likely N-dealkylation sites (tertiary alicyclic amines) is 1. The average molecular weight is 311 g/mol. The molecule has 1 heterocycles. The summed E-state index contributed by atoms with van der Waals surface area (Å²) in [6.45, 7) is 0.738. The number of aromatic hydroxyl groups is 1. The van der Waals surface area contributed by atoms with Gasteiger partial charge in [-0.3, -0.25) is 4.79 Å². The SMILES string of the molecule is COc1ccc(C(=O)N2CCCC2Cc2ccccc2)c(O)c1. The Labute approximate surface area is 136 Å². The van der Waals surface area contributed by atoms with Crippen molar-refractivity contribution < 1.29 is 14.6 Å². The maximum Gasteiger partial charge on any atom is 0.257 e. The van der Waals surface area contributed by atoms with Gasteiger partial charge in [-0.1, -0.05) is 30.3 Å². The van der Waals surface area contributed by atoms with Crippen molar-refractivity contribution in [3.05, 3.63) is 59.7 Å². The molecule has 1 saturated heterocycles. The third-order valence-electron chi connectivity index (χ3n) is 4.39. The van der Waals surface area contributed by atoms with Crippen molar-refractivity contribution in [1.82, 2.24) is 4.90 Å². The Balaban J connectivity index is 1.78. The number of hydrogen-bond acceptors (Lipinski definition) is 3. The summed E-state index contributed by atoms with van der Waals surface area (Å²) in [5, 5.41) is 10.1. The first kappa shape index (κ1) is 15.4. The van der Waals surface area contributed by atoms with Gasteiger partial charge >= 0.3 is 0 Å². The van der Waals surface area contributed by atoms with Crippen molar-refractivity contribution >= 4 is 5.91 Å². The molecule has 4 nitrogen and oxygen atoms in total. The second-order valence-electron chi connectivity index (χ2n) is 5.87. The first-order valence-electron chi connectivity index (χ1n) is 7.91. The predicted octanol–water partition coefficient (Wildman–Crippen LogP) is 3.25. The summed E-state index contributed by atoms with van der Waals surface area (Å²) in [6, 6.07) is 15.2. The highest BCUT2D eigenvalue weighted by atomic mass is 16.5. The highest BCUT2D eigenvalue weighted by Crippen LogP contribution is 2.28. The van der Waals surface area contributed by atoms with E-state index in [1.165, 1.54) is 18.7 Å². The first-order chi connectivity index (χ1) is 11.2. The molecule has 1 aliphatic rings. The minimum absolute atomic E-state index is 0.0280. The van der Waals surface area contributed by atoms with Gasteiger partial charge in [0.15, 0.2) is 0 Å². The predicted molar refractivity (Wildman–Crippen MR) is 88.9 cm³/mol. The quantitative estimate of drug-likeness (QED) is 0.943. The summed E-state index contributed by atoms with van der Waals surface area (Å²) < 4.78 is 5.07. The molecule has 0 aliphatic carbocycles. The van der Waals surface area contributed by atoms with E-state index in [1.54, 1.807) is 12.1 Å². The molecule has 23 heavy (non-hydrogen) atoms. The lowest BCUT2D eigenvalue weighted by Crippen LogP contribution is -2.36. The number of nitrogens with zero attached hydrogens (tertiary/aromatic N) is 1. The molecule has 1 atom stereocenters. The van der Waals surface area contributed by atoms with Crippen LogP contribution < -0.4 is 4.74 Å². The molecule has 2 aromatic carbocycles. The third-order valence-corrected chi connectivity index (χ3v) is 4.39. The van der Waals surface area contributed by atoms with Crippen LogP contribution in [0.15, 0.2) is 48.5 Å². The van der Waals surface area contributed by atoms with Crippen molar-refractivity contribution in [2.24, 2.45) is 0 Å². The smallest absolute Gasteiger partial charge is 0.257 e. The summed E-state index contributed by atoms with van der Waals surface area (Å²) in [5.74, 6) is 0.407. The fourth-order valence-electron chi connectivity index (χ4n) is 3.18. The molecule has 120 valence electrons. The van der Waals surface area contributed by atoms with Gasteiger partial charge in [0.2, 0.25) is 0 Å². The van der Waals surface area contributed by atoms with Gasteiger partial charge in [0.25, 0.3) is 5.91 Å². The Morgan fingerprint density at radius 1 is 1.26 bits per heavy atom. The van der Waals surface area contributed by atoms with Crippen LogP contribution in [0.25, 0.3) is 0 Å². The number of carbonyl (C=O) groups excluding carboxylic acids is 1. The lowest BCUT2D eigenvalue weighted by molar-refractivity contribution is 0.0733. The second kappa shape index (κ2) is 6.73. The van der Waals surface area contributed by atoms with Crippen molar-refractivity contribution in [3.8, 4) is 11.5 Å². The lowest BCUT2D eigenvalue weighted by Gasteiger charge is -2.25. The minimum Gasteiger partial charge on any atom is -0.507 e. The van der Waals surface area contributed by atoms with E-state index in [4.69, 9.17) is 4.74 Å². The number of phenols is 1. The summed E-state index contributed by atoms with van der Waals surface area (Å²) >= 11 is 0. The van der Waals surface area contributed by atoms with Crippen LogP contribution in [0.4, 0.5) is 0 Å². The Bertz CT molecular complexity index is 684. The minimum atomic E-state index is -0.108. The highest BCUT2D eigenvalue weighted by molar-refractivity contribution is 5.97. The zero-order chi connectivity index (χ0) is 16.2. The van der Waals surface area contributed by atoms with Crippen LogP contribution in [-0.4, -0.2) is 35.6 Å². The van der Waals surface area contributed by atoms with Crippen LogP contribution in [0.5, 0.6) is 11.5 Å². The number of methoxy groups -OCH3 is 1. The lowest BCUT2D eigenvalue weighted by atomic mass is 10.0. The molecule has 1 amide bonds. The zero-order valence-electron chi connectivity index (χ0n) is 13.2. The van der Waals surface area contributed by atoms with Gasteiger partial charge in [-0.2, -0.15) is 0 Å². The largest absolute Gasteiger partial charge is 0.507 e. The van der Waals surface area contributed by atoms with E-state index in [9.17, 15) is 9.90 Å². The van der Waals surface area contributed by atoms with E-state index in [0.29, 0.717) is 11.3 Å². The number of carbonyl (C=O) groups is 1. The van der Waals surface area contributed by atoms with E-state index in [1.807, 2.05) is 23.1 Å². The molecule has 1 aliphatic heterocycles. The highest BCUT2D eigenvalue weighted by Gasteiger charge is 2.30. The van der Waals surface area contributed by atoms with E-state index < -0.39 is 0 Å². The van der Waals surface area contributed by atoms with Crippen molar-refractivity contribution in [3.63, 3.8) is 0 Å². The van der Waals surface area contributed by atoms with Gasteiger partial charge in [-0.05, 0) is 37.0 Å². The topological polar surface area (TPSA) is 49.8 Å². The van der Waals surface area contributed by atoms with Crippen molar-refractivity contribution in [1.29, 1.82) is 0 Å². The molecule has 0 aromatic heterocycles. The molecular weight excluding hydrogens is 290 g/mol. The monoisotopic (exact) mass is 311 g/mol. The second-order valence-corrected chi connectivity index (χ2v) is 5.87. The number of rotatable bonds is 4. The van der Waals surface area contributed by atoms with Gasteiger partial charge in [0.05, 0.1) is 12.7 Å². The zero-order valence-corrected chi connectivity index (χ0v) is 13.2. The van der Waals surface area contributed by atoms with Crippen LogP contribution >= 0.6 is 0 Å². The number of amides is 1. The molecule has 1 unspecified atom stereocenters. The van der Waals surface area contributed by atoms with E-state index in [-0.39, 0.29) is 17.7 Å². The fraction of sp³-hybridized carbons (Fsp3) is 0.316. The van der Waals surface area contributed by atoms with Gasteiger partial charge < -0.3 is 14.7 Å². The van der Waals surface area contributed by atoms with Gasteiger partial charge in [-0.15, -0.1) is 0 Å².